The van der Waals surface area contributed by atoms with Crippen LogP contribution < -0.4 is 5.32 Å². The van der Waals surface area contributed by atoms with E-state index < -0.39 is 17.7 Å². The molecule has 5 heteroatoms. The van der Waals surface area contributed by atoms with Gasteiger partial charge in [-0.1, -0.05) is 26.0 Å². The molecule has 3 nitrogen and oxygen atoms in total. The molecule has 1 aromatic carbocycles. The summed E-state index contributed by atoms with van der Waals surface area (Å²) in [6.07, 6.45) is 0.566. The van der Waals surface area contributed by atoms with Gasteiger partial charge in [0.25, 0.3) is 0 Å². The monoisotopic (exact) mass is 297 g/mol. The van der Waals surface area contributed by atoms with Crippen LogP contribution >= 0.6 is 0 Å². The van der Waals surface area contributed by atoms with Gasteiger partial charge in [0.05, 0.1) is 6.10 Å². The van der Waals surface area contributed by atoms with Crippen molar-refractivity contribution in [1.29, 1.82) is 0 Å². The third-order valence-corrected chi connectivity index (χ3v) is 3.76. The lowest BCUT2D eigenvalue weighted by Gasteiger charge is -2.13. The molecule has 3 unspecified atom stereocenters. The molecule has 0 radical (unpaired) electrons. The Kier molecular flexibility index (Phi) is 4.93. The van der Waals surface area contributed by atoms with E-state index in [0.29, 0.717) is 18.8 Å². The Morgan fingerprint density at radius 2 is 2.14 bits per heavy atom. The minimum Gasteiger partial charge on any atom is -0.391 e. The van der Waals surface area contributed by atoms with Crippen LogP contribution in [-0.4, -0.2) is 23.7 Å². The molecule has 21 heavy (non-hydrogen) atoms. The zero-order chi connectivity index (χ0) is 15.6. The van der Waals surface area contributed by atoms with Gasteiger partial charge in [0, 0.05) is 12.5 Å². The van der Waals surface area contributed by atoms with Gasteiger partial charge < -0.3 is 10.4 Å². The molecule has 3 atom stereocenters. The van der Waals surface area contributed by atoms with Crippen LogP contribution in [0.25, 0.3) is 0 Å². The quantitative estimate of drug-likeness (QED) is 0.848. The third-order valence-electron chi connectivity index (χ3n) is 3.76. The number of rotatable bonds is 6. The highest BCUT2D eigenvalue weighted by molar-refractivity contribution is 5.82. The van der Waals surface area contributed by atoms with Crippen molar-refractivity contribution in [3.05, 3.63) is 35.4 Å². The molecule has 1 aliphatic carbocycles. The minimum atomic E-state index is -0.883. The van der Waals surface area contributed by atoms with Gasteiger partial charge >= 0.3 is 0 Å². The lowest BCUT2D eigenvalue weighted by atomic mass is 10.1. The molecule has 1 saturated carbocycles. The summed E-state index contributed by atoms with van der Waals surface area (Å²) in [6.45, 7) is 4.19. The first-order chi connectivity index (χ1) is 9.90. The van der Waals surface area contributed by atoms with Crippen molar-refractivity contribution in [3.8, 4) is 0 Å². The number of halogens is 2. The van der Waals surface area contributed by atoms with Crippen LogP contribution in [0.5, 0.6) is 0 Å². The van der Waals surface area contributed by atoms with E-state index in [4.69, 9.17) is 0 Å². The first kappa shape index (κ1) is 15.9. The molecule has 2 rings (SSSR count). The van der Waals surface area contributed by atoms with Crippen molar-refractivity contribution in [2.75, 3.05) is 6.54 Å². The van der Waals surface area contributed by atoms with Crippen LogP contribution in [0.4, 0.5) is 8.78 Å². The standard InChI is InChI=1S/C16H21F2NO2/c1-9(2)6-10(20)8-19-16(21)13-7-12(13)11-4-3-5-14(17)15(11)18/h3-5,9-10,12-13,20H,6-8H2,1-2H3,(H,19,21). The molecule has 1 aromatic rings. The zero-order valence-electron chi connectivity index (χ0n) is 12.3. The maximum atomic E-state index is 13.6. The number of aliphatic hydroxyl groups excluding tert-OH is 1. The largest absolute Gasteiger partial charge is 0.391 e. The summed E-state index contributed by atoms with van der Waals surface area (Å²) in [5, 5.41) is 12.4. The summed E-state index contributed by atoms with van der Waals surface area (Å²) < 4.78 is 26.8. The van der Waals surface area contributed by atoms with Gasteiger partial charge in [-0.05, 0) is 36.3 Å². The minimum absolute atomic E-state index is 0.200. The average molecular weight is 297 g/mol. The molecule has 2 N–H and O–H groups in total. The second-order valence-corrected chi connectivity index (χ2v) is 6.12. The van der Waals surface area contributed by atoms with Crippen LogP contribution in [0.3, 0.4) is 0 Å². The van der Waals surface area contributed by atoms with E-state index in [1.54, 1.807) is 0 Å². The Hall–Kier alpha value is -1.49. The third kappa shape index (κ3) is 4.00. The molecule has 1 aliphatic rings. The molecule has 0 spiro atoms. The summed E-state index contributed by atoms with van der Waals surface area (Å²) in [6, 6.07) is 4.04. The molecule has 0 heterocycles. The summed E-state index contributed by atoms with van der Waals surface area (Å²) in [4.78, 5) is 11.9. The molecule has 116 valence electrons. The number of benzene rings is 1. The lowest BCUT2D eigenvalue weighted by molar-refractivity contribution is -0.122. The Morgan fingerprint density at radius 1 is 1.43 bits per heavy atom. The van der Waals surface area contributed by atoms with E-state index >= 15 is 0 Å². The Bertz CT molecular complexity index is 519. The second kappa shape index (κ2) is 6.52. The van der Waals surface area contributed by atoms with E-state index in [-0.39, 0.29) is 29.9 Å². The first-order valence-corrected chi connectivity index (χ1v) is 7.29. The van der Waals surface area contributed by atoms with Crippen LogP contribution in [0, 0.1) is 23.5 Å². The molecule has 1 fully saturated rings. The highest BCUT2D eigenvalue weighted by Crippen LogP contribution is 2.48. The maximum Gasteiger partial charge on any atom is 0.223 e. The molecule has 0 bridgehead atoms. The molecular weight excluding hydrogens is 276 g/mol. The van der Waals surface area contributed by atoms with Crippen molar-refractivity contribution in [2.45, 2.75) is 38.7 Å². The van der Waals surface area contributed by atoms with Crippen LogP contribution in [0.15, 0.2) is 18.2 Å². The number of nitrogens with one attached hydrogen (secondary N) is 1. The zero-order valence-corrected chi connectivity index (χ0v) is 12.3. The fourth-order valence-electron chi connectivity index (χ4n) is 2.61. The van der Waals surface area contributed by atoms with E-state index in [1.165, 1.54) is 12.1 Å². The maximum absolute atomic E-state index is 13.6. The van der Waals surface area contributed by atoms with Crippen molar-refractivity contribution in [2.24, 2.45) is 11.8 Å². The SMILES string of the molecule is CC(C)CC(O)CNC(=O)C1CC1c1cccc(F)c1F. The van der Waals surface area contributed by atoms with Gasteiger partial charge in [0.2, 0.25) is 5.91 Å². The van der Waals surface area contributed by atoms with Gasteiger partial charge in [-0.3, -0.25) is 4.79 Å². The van der Waals surface area contributed by atoms with Gasteiger partial charge in [-0.15, -0.1) is 0 Å². The molecule has 0 saturated heterocycles. The summed E-state index contributed by atoms with van der Waals surface area (Å²) in [7, 11) is 0. The normalized spacial score (nSPS) is 22.2. The van der Waals surface area contributed by atoms with Gasteiger partial charge in [-0.2, -0.15) is 0 Å². The number of aliphatic hydroxyl groups is 1. The van der Waals surface area contributed by atoms with Crippen LogP contribution in [0.2, 0.25) is 0 Å². The summed E-state index contributed by atoms with van der Waals surface area (Å²) >= 11 is 0. The molecule has 0 aliphatic heterocycles. The van der Waals surface area contributed by atoms with E-state index in [0.717, 1.165) is 6.07 Å². The number of hydrogen-bond donors (Lipinski definition) is 2. The van der Waals surface area contributed by atoms with Crippen molar-refractivity contribution in [3.63, 3.8) is 0 Å². The van der Waals surface area contributed by atoms with Crippen molar-refractivity contribution in [1.82, 2.24) is 5.32 Å². The number of amides is 1. The highest BCUT2D eigenvalue weighted by Gasteiger charge is 2.45. The Morgan fingerprint density at radius 3 is 2.81 bits per heavy atom. The average Bonchev–Trinajstić information content (AvgIpc) is 3.18. The topological polar surface area (TPSA) is 49.3 Å². The van der Waals surface area contributed by atoms with Crippen LogP contribution in [-0.2, 0) is 4.79 Å². The predicted molar refractivity (Wildman–Crippen MR) is 75.7 cm³/mol. The molecule has 0 aromatic heterocycles. The Labute approximate surface area is 123 Å². The Balaban J connectivity index is 1.85. The molecule has 1 amide bonds. The van der Waals surface area contributed by atoms with Crippen molar-refractivity contribution >= 4 is 5.91 Å². The van der Waals surface area contributed by atoms with Gasteiger partial charge in [0.15, 0.2) is 11.6 Å². The fourth-order valence-corrected chi connectivity index (χ4v) is 2.61. The van der Waals surface area contributed by atoms with Gasteiger partial charge in [0.1, 0.15) is 0 Å². The number of hydrogen-bond acceptors (Lipinski definition) is 2. The lowest BCUT2D eigenvalue weighted by Crippen LogP contribution is -2.34. The smallest absolute Gasteiger partial charge is 0.223 e. The first-order valence-electron chi connectivity index (χ1n) is 7.29. The van der Waals surface area contributed by atoms with E-state index in [9.17, 15) is 18.7 Å². The predicted octanol–water partition coefficient (Wildman–Crippen LogP) is 2.59. The number of carbonyl (C=O) groups is 1. The number of carbonyl (C=O) groups excluding carboxylic acids is 1. The van der Waals surface area contributed by atoms with E-state index in [2.05, 4.69) is 5.32 Å². The van der Waals surface area contributed by atoms with E-state index in [1.807, 2.05) is 13.8 Å². The fraction of sp³-hybridized carbons (Fsp3) is 0.562. The molecular formula is C16H21F2NO2. The second-order valence-electron chi connectivity index (χ2n) is 6.12. The van der Waals surface area contributed by atoms with Crippen molar-refractivity contribution < 1.29 is 18.7 Å². The van der Waals surface area contributed by atoms with Gasteiger partial charge in [-0.25, -0.2) is 8.78 Å². The summed E-state index contributed by atoms with van der Waals surface area (Å²) in [5.41, 5.74) is 0.262. The van der Waals surface area contributed by atoms with Crippen LogP contribution in [0.1, 0.15) is 38.2 Å². The summed E-state index contributed by atoms with van der Waals surface area (Å²) in [5.74, 6) is -2.18. The highest BCUT2D eigenvalue weighted by atomic mass is 19.2.